The van der Waals surface area contributed by atoms with Crippen LogP contribution in [0.4, 0.5) is 0 Å². The Kier molecular flexibility index (Phi) is 3.97. The Balaban J connectivity index is 1.69. The highest BCUT2D eigenvalue weighted by Crippen LogP contribution is 2.47. The van der Waals surface area contributed by atoms with E-state index in [4.69, 9.17) is 14.2 Å². The van der Waals surface area contributed by atoms with E-state index in [0.29, 0.717) is 29.4 Å². The number of rotatable bonds is 2. The van der Waals surface area contributed by atoms with Gasteiger partial charge in [0.1, 0.15) is 0 Å². The van der Waals surface area contributed by atoms with Gasteiger partial charge < -0.3 is 24.0 Å². The molecule has 2 atom stereocenters. The van der Waals surface area contributed by atoms with E-state index in [1.165, 1.54) is 6.92 Å². The van der Waals surface area contributed by atoms with Gasteiger partial charge in [-0.2, -0.15) is 0 Å². The quantitative estimate of drug-likeness (QED) is 0.786. The summed E-state index contributed by atoms with van der Waals surface area (Å²) >= 11 is 0. The van der Waals surface area contributed by atoms with Crippen molar-refractivity contribution in [2.75, 3.05) is 20.4 Å². The van der Waals surface area contributed by atoms with Crippen molar-refractivity contribution in [3.05, 3.63) is 65.5 Å². The second-order valence-electron chi connectivity index (χ2n) is 7.27. The molecule has 3 aliphatic heterocycles. The van der Waals surface area contributed by atoms with Gasteiger partial charge in [-0.15, -0.1) is 0 Å². The largest absolute Gasteiger partial charge is 0.493 e. The molecule has 0 fully saturated rings. The van der Waals surface area contributed by atoms with Crippen molar-refractivity contribution in [2.45, 2.75) is 18.9 Å². The number of benzene rings is 2. The van der Waals surface area contributed by atoms with E-state index in [9.17, 15) is 9.59 Å². The number of methoxy groups -OCH3 is 1. The van der Waals surface area contributed by atoms with Crippen LogP contribution in [0.1, 0.15) is 34.3 Å². The summed E-state index contributed by atoms with van der Waals surface area (Å²) in [6, 6.07) is 11.2. The van der Waals surface area contributed by atoms with Crippen LogP contribution in [0.25, 0.3) is 0 Å². The van der Waals surface area contributed by atoms with Gasteiger partial charge in [0.15, 0.2) is 11.5 Å². The SMILES string of the molecule is COc1cc(C2c3ccccc3C(=O)N3C=CN(C(C)=O)CC23)cc2c1OCO2. The number of ether oxygens (including phenoxy) is 3. The molecule has 0 radical (unpaired) electrons. The molecule has 2 unspecified atom stereocenters. The Morgan fingerprint density at radius 1 is 1.17 bits per heavy atom. The van der Waals surface area contributed by atoms with E-state index in [-0.39, 0.29) is 30.6 Å². The summed E-state index contributed by atoms with van der Waals surface area (Å²) in [6.45, 7) is 2.08. The van der Waals surface area contributed by atoms with E-state index in [1.807, 2.05) is 36.4 Å². The molecule has 2 amide bonds. The third kappa shape index (κ3) is 2.65. The second-order valence-corrected chi connectivity index (χ2v) is 7.27. The zero-order valence-electron chi connectivity index (χ0n) is 16.1. The van der Waals surface area contributed by atoms with Crippen LogP contribution in [0.15, 0.2) is 48.8 Å². The minimum Gasteiger partial charge on any atom is -0.493 e. The maximum atomic E-state index is 13.1. The number of hydrogen-bond acceptors (Lipinski definition) is 5. The van der Waals surface area contributed by atoms with Gasteiger partial charge in [-0.25, -0.2) is 0 Å². The van der Waals surface area contributed by atoms with Gasteiger partial charge in [-0.1, -0.05) is 18.2 Å². The summed E-state index contributed by atoms with van der Waals surface area (Å²) in [7, 11) is 1.59. The first-order chi connectivity index (χ1) is 14.1. The van der Waals surface area contributed by atoms with Crippen molar-refractivity contribution in [1.82, 2.24) is 9.80 Å². The fraction of sp³-hybridized carbons (Fsp3) is 0.273. The molecule has 0 N–H and O–H groups in total. The number of hydrogen-bond donors (Lipinski definition) is 0. The maximum Gasteiger partial charge on any atom is 0.258 e. The molecule has 0 bridgehead atoms. The molecule has 2 aromatic carbocycles. The third-order valence-corrected chi connectivity index (χ3v) is 5.74. The molecule has 29 heavy (non-hydrogen) atoms. The molecular weight excluding hydrogens is 372 g/mol. The number of amides is 2. The lowest BCUT2D eigenvalue weighted by molar-refractivity contribution is -0.127. The summed E-state index contributed by atoms with van der Waals surface area (Å²) in [6.07, 6.45) is 3.37. The molecule has 148 valence electrons. The van der Waals surface area contributed by atoms with Crippen molar-refractivity contribution in [3.63, 3.8) is 0 Å². The van der Waals surface area contributed by atoms with Crippen LogP contribution in [0.3, 0.4) is 0 Å². The average molecular weight is 392 g/mol. The van der Waals surface area contributed by atoms with Crippen LogP contribution in [-0.4, -0.2) is 48.1 Å². The topological polar surface area (TPSA) is 68.3 Å². The minimum absolute atomic E-state index is 0.0609. The predicted octanol–water partition coefficient (Wildman–Crippen LogP) is 2.71. The van der Waals surface area contributed by atoms with E-state index in [1.54, 1.807) is 29.3 Å². The Bertz CT molecular complexity index is 1050. The molecule has 0 saturated carbocycles. The van der Waals surface area contributed by atoms with Gasteiger partial charge in [0, 0.05) is 37.3 Å². The number of fused-ring (bicyclic) bond motifs is 3. The molecular formula is C22H20N2O5. The smallest absolute Gasteiger partial charge is 0.258 e. The van der Waals surface area contributed by atoms with Crippen molar-refractivity contribution < 1.29 is 23.8 Å². The van der Waals surface area contributed by atoms with Gasteiger partial charge in [-0.05, 0) is 29.3 Å². The maximum absolute atomic E-state index is 13.1. The van der Waals surface area contributed by atoms with Crippen molar-refractivity contribution >= 4 is 11.8 Å². The molecule has 7 nitrogen and oxygen atoms in total. The Labute approximate surface area is 168 Å². The second kappa shape index (κ2) is 6.55. The molecule has 3 heterocycles. The van der Waals surface area contributed by atoms with Crippen LogP contribution in [0, 0.1) is 0 Å². The molecule has 3 aliphatic rings. The van der Waals surface area contributed by atoms with Crippen molar-refractivity contribution in [3.8, 4) is 17.2 Å². The summed E-state index contributed by atoms with van der Waals surface area (Å²) in [4.78, 5) is 28.5. The first kappa shape index (κ1) is 17.6. The monoisotopic (exact) mass is 392 g/mol. The van der Waals surface area contributed by atoms with Crippen LogP contribution in [0.2, 0.25) is 0 Å². The highest BCUT2D eigenvalue weighted by molar-refractivity contribution is 5.98. The van der Waals surface area contributed by atoms with E-state index < -0.39 is 0 Å². The fourth-order valence-corrected chi connectivity index (χ4v) is 4.37. The van der Waals surface area contributed by atoms with Gasteiger partial charge >= 0.3 is 0 Å². The van der Waals surface area contributed by atoms with E-state index in [2.05, 4.69) is 0 Å². The first-order valence-corrected chi connectivity index (χ1v) is 9.43. The Morgan fingerprint density at radius 2 is 2.00 bits per heavy atom. The lowest BCUT2D eigenvalue weighted by Gasteiger charge is -2.44. The van der Waals surface area contributed by atoms with Gasteiger partial charge in [0.2, 0.25) is 18.4 Å². The molecule has 0 aromatic heterocycles. The highest BCUT2D eigenvalue weighted by atomic mass is 16.7. The summed E-state index contributed by atoms with van der Waals surface area (Å²) in [5.74, 6) is 1.52. The summed E-state index contributed by atoms with van der Waals surface area (Å²) < 4.78 is 16.7. The first-order valence-electron chi connectivity index (χ1n) is 9.43. The Morgan fingerprint density at radius 3 is 2.79 bits per heavy atom. The van der Waals surface area contributed by atoms with Crippen LogP contribution < -0.4 is 14.2 Å². The predicted molar refractivity (Wildman–Crippen MR) is 104 cm³/mol. The zero-order chi connectivity index (χ0) is 20.1. The van der Waals surface area contributed by atoms with Crippen LogP contribution in [-0.2, 0) is 4.79 Å². The van der Waals surface area contributed by atoms with Gasteiger partial charge in [-0.3, -0.25) is 9.59 Å². The molecule has 5 rings (SSSR count). The van der Waals surface area contributed by atoms with Crippen LogP contribution in [0.5, 0.6) is 17.2 Å². The minimum atomic E-state index is -0.239. The number of carbonyl (C=O) groups excluding carboxylic acids is 2. The van der Waals surface area contributed by atoms with E-state index >= 15 is 0 Å². The molecule has 0 aliphatic carbocycles. The third-order valence-electron chi connectivity index (χ3n) is 5.74. The van der Waals surface area contributed by atoms with Gasteiger partial charge in [0.05, 0.1) is 13.2 Å². The standard InChI is InChI=1S/C22H20N2O5/c1-13(25)23-7-8-24-17(11-23)20(15-5-3-4-6-16(15)22(24)26)14-9-18(27-2)21-19(10-14)28-12-29-21/h3-10,17,20H,11-12H2,1-2H3. The fourth-order valence-electron chi connectivity index (χ4n) is 4.37. The highest BCUT2D eigenvalue weighted by Gasteiger charge is 2.43. The number of nitrogens with zero attached hydrogens (tertiary/aromatic N) is 2. The van der Waals surface area contributed by atoms with Gasteiger partial charge in [0.25, 0.3) is 5.91 Å². The molecule has 0 spiro atoms. The Hall–Kier alpha value is -3.48. The normalized spacial score (nSPS) is 21.7. The van der Waals surface area contributed by atoms with Crippen molar-refractivity contribution in [2.24, 2.45) is 0 Å². The molecule has 0 saturated heterocycles. The number of carbonyl (C=O) groups is 2. The van der Waals surface area contributed by atoms with E-state index in [0.717, 1.165) is 11.1 Å². The lowest BCUT2D eigenvalue weighted by atomic mass is 9.78. The zero-order valence-corrected chi connectivity index (χ0v) is 16.1. The average Bonchev–Trinajstić information content (AvgIpc) is 3.22. The van der Waals surface area contributed by atoms with Crippen LogP contribution >= 0.6 is 0 Å². The van der Waals surface area contributed by atoms with Crippen molar-refractivity contribution in [1.29, 1.82) is 0 Å². The lowest BCUT2D eigenvalue weighted by Crippen LogP contribution is -2.53. The molecule has 2 aromatic rings. The summed E-state index contributed by atoms with van der Waals surface area (Å²) in [5, 5.41) is 0. The summed E-state index contributed by atoms with van der Waals surface area (Å²) in [5.41, 5.74) is 2.53. The molecule has 7 heteroatoms.